The Bertz CT molecular complexity index is 299. The predicted molar refractivity (Wildman–Crippen MR) is 72.9 cm³/mol. The van der Waals surface area contributed by atoms with E-state index >= 15 is 0 Å². The second-order valence-electron chi connectivity index (χ2n) is 4.78. The molecule has 106 valence electrons. The van der Waals surface area contributed by atoms with Gasteiger partial charge in [-0.15, -0.1) is 0 Å². The van der Waals surface area contributed by atoms with Crippen molar-refractivity contribution in [2.24, 2.45) is 5.92 Å². The number of nitrogens with one attached hydrogen (secondary N) is 2. The Morgan fingerprint density at radius 2 is 2.22 bits per heavy atom. The van der Waals surface area contributed by atoms with Crippen LogP contribution in [0.4, 0.5) is 0 Å². The second kappa shape index (κ2) is 7.86. The SMILES string of the molecule is CCNC1COCC1C(=O)NC(C)CCS(C)=O. The minimum atomic E-state index is -0.801. The first kappa shape index (κ1) is 15.6. The van der Waals surface area contributed by atoms with Gasteiger partial charge < -0.3 is 15.4 Å². The first-order valence-electron chi connectivity index (χ1n) is 6.46. The molecular weight excluding hydrogens is 252 g/mol. The molecule has 0 aliphatic carbocycles. The Morgan fingerprint density at radius 1 is 1.50 bits per heavy atom. The molecule has 0 spiro atoms. The fourth-order valence-corrected chi connectivity index (χ4v) is 2.73. The summed E-state index contributed by atoms with van der Waals surface area (Å²) in [6.45, 7) is 5.88. The number of rotatable bonds is 7. The number of carbonyl (C=O) groups excluding carboxylic acids is 1. The molecule has 0 bridgehead atoms. The third-order valence-electron chi connectivity index (χ3n) is 3.11. The number of ether oxygens (including phenoxy) is 1. The van der Waals surface area contributed by atoms with Gasteiger partial charge in [0.05, 0.1) is 19.1 Å². The molecular formula is C12H24N2O3S. The maximum Gasteiger partial charge on any atom is 0.227 e. The molecule has 0 aromatic carbocycles. The molecule has 2 N–H and O–H groups in total. The van der Waals surface area contributed by atoms with Crippen LogP contribution in [0.15, 0.2) is 0 Å². The molecule has 0 aromatic rings. The van der Waals surface area contributed by atoms with Gasteiger partial charge in [-0.3, -0.25) is 9.00 Å². The lowest BCUT2D eigenvalue weighted by atomic mass is 10.0. The van der Waals surface area contributed by atoms with Crippen molar-refractivity contribution < 1.29 is 13.7 Å². The molecule has 0 radical (unpaired) electrons. The van der Waals surface area contributed by atoms with Crippen LogP contribution < -0.4 is 10.6 Å². The zero-order valence-electron chi connectivity index (χ0n) is 11.4. The molecule has 5 nitrogen and oxygen atoms in total. The lowest BCUT2D eigenvalue weighted by Gasteiger charge is -2.20. The van der Waals surface area contributed by atoms with E-state index in [1.165, 1.54) is 0 Å². The molecule has 0 saturated carbocycles. The molecule has 4 unspecified atom stereocenters. The standard InChI is InChI=1S/C12H24N2O3S/c1-4-13-11-8-17-7-10(11)12(15)14-9(2)5-6-18(3)16/h9-11,13H,4-8H2,1-3H3,(H,14,15). The zero-order valence-corrected chi connectivity index (χ0v) is 12.2. The summed E-state index contributed by atoms with van der Waals surface area (Å²) in [5.41, 5.74) is 0. The normalized spacial score (nSPS) is 26.8. The fourth-order valence-electron chi connectivity index (χ4n) is 2.04. The van der Waals surface area contributed by atoms with Crippen LogP contribution in [0.25, 0.3) is 0 Å². The summed E-state index contributed by atoms with van der Waals surface area (Å²) in [7, 11) is -0.801. The topological polar surface area (TPSA) is 67.4 Å². The summed E-state index contributed by atoms with van der Waals surface area (Å²) < 4.78 is 16.3. The van der Waals surface area contributed by atoms with Crippen molar-refractivity contribution in [1.29, 1.82) is 0 Å². The van der Waals surface area contributed by atoms with Gasteiger partial charge in [0.25, 0.3) is 0 Å². The van der Waals surface area contributed by atoms with Gasteiger partial charge in [-0.25, -0.2) is 0 Å². The first-order valence-corrected chi connectivity index (χ1v) is 8.18. The fraction of sp³-hybridized carbons (Fsp3) is 0.917. The molecule has 6 heteroatoms. The molecule has 4 atom stereocenters. The lowest BCUT2D eigenvalue weighted by Crippen LogP contribution is -2.46. The van der Waals surface area contributed by atoms with Crippen LogP contribution in [-0.2, 0) is 20.3 Å². The van der Waals surface area contributed by atoms with Crippen molar-refractivity contribution in [2.45, 2.75) is 32.4 Å². The van der Waals surface area contributed by atoms with E-state index in [-0.39, 0.29) is 23.9 Å². The van der Waals surface area contributed by atoms with Crippen LogP contribution in [0.5, 0.6) is 0 Å². The molecule has 1 fully saturated rings. The zero-order chi connectivity index (χ0) is 13.5. The maximum absolute atomic E-state index is 12.1. The summed E-state index contributed by atoms with van der Waals surface area (Å²) in [5.74, 6) is 0.548. The predicted octanol–water partition coefficient (Wildman–Crippen LogP) is -0.116. The number of amides is 1. The van der Waals surface area contributed by atoms with E-state index in [0.29, 0.717) is 19.0 Å². The first-order chi connectivity index (χ1) is 8.54. The minimum absolute atomic E-state index is 0.0350. The largest absolute Gasteiger partial charge is 0.379 e. The summed E-state index contributed by atoms with van der Waals surface area (Å²) >= 11 is 0. The van der Waals surface area contributed by atoms with Gasteiger partial charge in [0, 0.05) is 34.9 Å². The molecule has 18 heavy (non-hydrogen) atoms. The van der Waals surface area contributed by atoms with Gasteiger partial charge in [0.15, 0.2) is 0 Å². The molecule has 1 aliphatic rings. The van der Waals surface area contributed by atoms with E-state index in [1.807, 2.05) is 13.8 Å². The Hall–Kier alpha value is -0.460. The van der Waals surface area contributed by atoms with Crippen molar-refractivity contribution in [1.82, 2.24) is 10.6 Å². The Morgan fingerprint density at radius 3 is 2.83 bits per heavy atom. The Balaban J connectivity index is 2.37. The van der Waals surface area contributed by atoms with E-state index < -0.39 is 10.8 Å². The molecule has 1 heterocycles. The van der Waals surface area contributed by atoms with Crippen LogP contribution in [0, 0.1) is 5.92 Å². The van der Waals surface area contributed by atoms with Gasteiger partial charge in [-0.05, 0) is 19.9 Å². The molecule has 1 saturated heterocycles. The van der Waals surface area contributed by atoms with E-state index in [4.69, 9.17) is 4.74 Å². The van der Waals surface area contributed by atoms with Crippen LogP contribution in [-0.4, -0.2) is 54.0 Å². The smallest absolute Gasteiger partial charge is 0.227 e. The van der Waals surface area contributed by atoms with Crippen molar-refractivity contribution in [2.75, 3.05) is 31.8 Å². The molecule has 0 aromatic heterocycles. The van der Waals surface area contributed by atoms with E-state index in [0.717, 1.165) is 13.0 Å². The summed E-state index contributed by atoms with van der Waals surface area (Å²) in [6, 6.07) is 0.173. The summed E-state index contributed by atoms with van der Waals surface area (Å²) in [5, 5.41) is 6.24. The molecule has 1 amide bonds. The molecule has 1 aliphatic heterocycles. The van der Waals surface area contributed by atoms with Gasteiger partial charge in [0.2, 0.25) is 5.91 Å². The Kier molecular flexibility index (Phi) is 6.81. The number of carbonyl (C=O) groups is 1. The highest BCUT2D eigenvalue weighted by molar-refractivity contribution is 7.84. The van der Waals surface area contributed by atoms with E-state index in [9.17, 15) is 9.00 Å². The van der Waals surface area contributed by atoms with Crippen LogP contribution in [0.3, 0.4) is 0 Å². The summed E-state index contributed by atoms with van der Waals surface area (Å²) in [6.07, 6.45) is 2.43. The third-order valence-corrected chi connectivity index (χ3v) is 3.92. The average Bonchev–Trinajstić information content (AvgIpc) is 2.75. The highest BCUT2D eigenvalue weighted by Gasteiger charge is 2.33. The van der Waals surface area contributed by atoms with Crippen molar-refractivity contribution >= 4 is 16.7 Å². The van der Waals surface area contributed by atoms with Crippen LogP contribution in [0.1, 0.15) is 20.3 Å². The second-order valence-corrected chi connectivity index (χ2v) is 6.34. The lowest BCUT2D eigenvalue weighted by molar-refractivity contribution is -0.126. The van der Waals surface area contributed by atoms with E-state index in [2.05, 4.69) is 10.6 Å². The van der Waals surface area contributed by atoms with Gasteiger partial charge in [-0.2, -0.15) is 0 Å². The quantitative estimate of drug-likeness (QED) is 0.680. The van der Waals surface area contributed by atoms with Crippen molar-refractivity contribution in [3.63, 3.8) is 0 Å². The number of hydrogen-bond donors (Lipinski definition) is 2. The van der Waals surface area contributed by atoms with Crippen LogP contribution in [0.2, 0.25) is 0 Å². The van der Waals surface area contributed by atoms with Gasteiger partial charge >= 0.3 is 0 Å². The van der Waals surface area contributed by atoms with Crippen molar-refractivity contribution in [3.8, 4) is 0 Å². The highest BCUT2D eigenvalue weighted by Crippen LogP contribution is 2.14. The monoisotopic (exact) mass is 276 g/mol. The maximum atomic E-state index is 12.1. The van der Waals surface area contributed by atoms with Gasteiger partial charge in [0.1, 0.15) is 0 Å². The van der Waals surface area contributed by atoms with E-state index in [1.54, 1.807) is 6.26 Å². The average molecular weight is 276 g/mol. The molecule has 1 rings (SSSR count). The summed E-state index contributed by atoms with van der Waals surface area (Å²) in [4.78, 5) is 12.1. The number of hydrogen-bond acceptors (Lipinski definition) is 4. The number of likely N-dealkylation sites (N-methyl/N-ethyl adjacent to an activating group) is 1. The van der Waals surface area contributed by atoms with Gasteiger partial charge in [-0.1, -0.05) is 6.92 Å². The third kappa shape index (κ3) is 5.04. The van der Waals surface area contributed by atoms with Crippen LogP contribution >= 0.6 is 0 Å². The minimum Gasteiger partial charge on any atom is -0.379 e. The highest BCUT2D eigenvalue weighted by atomic mass is 32.2. The Labute approximate surface area is 111 Å². The van der Waals surface area contributed by atoms with Crippen molar-refractivity contribution in [3.05, 3.63) is 0 Å².